The molecule has 1 aliphatic rings. The maximum Gasteiger partial charge on any atom is 0.280 e. The molecule has 1 saturated heterocycles. The Hall–Kier alpha value is -1.66. The number of carbonyl (C=O) groups is 1. The third-order valence-corrected chi connectivity index (χ3v) is 4.71. The van der Waals surface area contributed by atoms with Crippen LogP contribution >= 0.6 is 11.3 Å². The van der Waals surface area contributed by atoms with Crippen LogP contribution in [0.15, 0.2) is 22.9 Å². The lowest BCUT2D eigenvalue weighted by Gasteiger charge is -2.32. The van der Waals surface area contributed by atoms with Gasteiger partial charge in [-0.2, -0.15) is 21.1 Å². The summed E-state index contributed by atoms with van der Waals surface area (Å²) >= 11 is 1.49. The average molecular weight is 290 g/mol. The van der Waals surface area contributed by atoms with Crippen LogP contribution in [0.25, 0.3) is 0 Å². The molecule has 1 fully saturated rings. The van der Waals surface area contributed by atoms with Crippen LogP contribution in [0.3, 0.4) is 0 Å². The Bertz CT molecular complexity index is 611. The lowest BCUT2D eigenvalue weighted by Crippen LogP contribution is -2.38. The van der Waals surface area contributed by atoms with Gasteiger partial charge in [-0.05, 0) is 37.4 Å². The average Bonchev–Trinajstić information content (AvgIpc) is 3.08. The molecule has 3 rings (SSSR count). The molecule has 106 valence electrons. The van der Waals surface area contributed by atoms with Crippen LogP contribution in [0.4, 0.5) is 5.82 Å². The van der Waals surface area contributed by atoms with E-state index >= 15 is 0 Å². The fraction of sp³-hybridized carbons (Fsp3) is 0.429. The lowest BCUT2D eigenvalue weighted by atomic mass is 9.78. The van der Waals surface area contributed by atoms with Crippen molar-refractivity contribution >= 4 is 23.1 Å². The zero-order valence-electron chi connectivity index (χ0n) is 11.4. The van der Waals surface area contributed by atoms with Gasteiger partial charge >= 0.3 is 0 Å². The van der Waals surface area contributed by atoms with Crippen LogP contribution in [-0.4, -0.2) is 28.8 Å². The van der Waals surface area contributed by atoms with E-state index < -0.39 is 0 Å². The minimum atomic E-state index is -0.160. The number of nitrogens with two attached hydrogens (primary N) is 1. The summed E-state index contributed by atoms with van der Waals surface area (Å²) in [5.74, 6) is 0.253. The van der Waals surface area contributed by atoms with Crippen molar-refractivity contribution < 1.29 is 4.79 Å². The van der Waals surface area contributed by atoms with E-state index in [0.29, 0.717) is 11.4 Å². The normalized spacial score (nSPS) is 18.1. The molecule has 0 aromatic carbocycles. The van der Waals surface area contributed by atoms with Crippen molar-refractivity contribution in [2.45, 2.75) is 25.2 Å². The molecule has 0 bridgehead atoms. The molecule has 2 aromatic rings. The largest absolute Gasteiger partial charge is 0.383 e. The smallest absolute Gasteiger partial charge is 0.280 e. The van der Waals surface area contributed by atoms with E-state index in [1.807, 2.05) is 16.8 Å². The van der Waals surface area contributed by atoms with Crippen molar-refractivity contribution in [3.63, 3.8) is 0 Å². The van der Waals surface area contributed by atoms with Gasteiger partial charge in [0.05, 0.1) is 11.3 Å². The van der Waals surface area contributed by atoms with Gasteiger partial charge in [0.1, 0.15) is 5.82 Å². The molecule has 0 atom stereocenters. The van der Waals surface area contributed by atoms with E-state index in [1.54, 1.807) is 6.07 Å². The molecule has 3 N–H and O–H groups in total. The third-order valence-electron chi connectivity index (χ3n) is 4.02. The molecule has 0 radical (unpaired) electrons. The van der Waals surface area contributed by atoms with Crippen molar-refractivity contribution in [3.8, 4) is 0 Å². The summed E-state index contributed by atoms with van der Waals surface area (Å²) in [6, 6.07) is 3.63. The van der Waals surface area contributed by atoms with E-state index in [1.165, 1.54) is 16.0 Å². The topological polar surface area (TPSA) is 72.9 Å². The molecule has 20 heavy (non-hydrogen) atoms. The summed E-state index contributed by atoms with van der Waals surface area (Å²) in [4.78, 5) is 12.3. The van der Waals surface area contributed by atoms with Crippen LogP contribution in [0, 0.1) is 0 Å². The zero-order chi connectivity index (χ0) is 14.2. The second-order valence-electron chi connectivity index (χ2n) is 5.49. The van der Waals surface area contributed by atoms with Crippen molar-refractivity contribution in [2.75, 3.05) is 18.8 Å². The zero-order valence-corrected chi connectivity index (χ0v) is 12.2. The van der Waals surface area contributed by atoms with E-state index in [0.717, 1.165) is 31.6 Å². The molecule has 3 heterocycles. The Morgan fingerprint density at radius 3 is 2.90 bits per heavy atom. The Labute approximate surface area is 121 Å². The minimum absolute atomic E-state index is 0.000450. The molecular formula is C14H18N4OS. The number of hydrogen-bond acceptors (Lipinski definition) is 5. The number of nitrogens with zero attached hydrogens (tertiary/aromatic N) is 2. The van der Waals surface area contributed by atoms with Crippen molar-refractivity contribution in [1.29, 1.82) is 0 Å². The first-order valence-corrected chi connectivity index (χ1v) is 7.68. The number of rotatable bonds is 2. The molecule has 0 amide bonds. The van der Waals surface area contributed by atoms with Crippen LogP contribution in [0.5, 0.6) is 0 Å². The highest BCUT2D eigenvalue weighted by molar-refractivity contribution is 7.08. The summed E-state index contributed by atoms with van der Waals surface area (Å²) in [5.41, 5.74) is 7.53. The monoisotopic (exact) mass is 290 g/mol. The highest BCUT2D eigenvalue weighted by Gasteiger charge is 2.32. The van der Waals surface area contributed by atoms with Gasteiger partial charge in [0, 0.05) is 16.9 Å². The van der Waals surface area contributed by atoms with Gasteiger partial charge in [0.25, 0.3) is 5.91 Å². The maximum absolute atomic E-state index is 12.3. The van der Waals surface area contributed by atoms with E-state index in [4.69, 9.17) is 5.73 Å². The van der Waals surface area contributed by atoms with Crippen LogP contribution in [-0.2, 0) is 5.41 Å². The standard InChI is InChI=1S/C14H18N4OS/c1-14(3-5-16-6-4-14)11-8-12(15)18(17-11)13(19)10-2-7-20-9-10/h2,7-9,16H,3-6,15H2,1H3. The first-order valence-electron chi connectivity index (χ1n) is 6.74. The molecular weight excluding hydrogens is 272 g/mol. The number of aromatic nitrogens is 2. The van der Waals surface area contributed by atoms with Crippen LogP contribution < -0.4 is 11.1 Å². The minimum Gasteiger partial charge on any atom is -0.383 e. The summed E-state index contributed by atoms with van der Waals surface area (Å²) in [5, 5.41) is 11.5. The van der Waals surface area contributed by atoms with E-state index in [-0.39, 0.29) is 11.3 Å². The Balaban J connectivity index is 1.93. The second kappa shape index (κ2) is 5.03. The molecule has 0 saturated carbocycles. The van der Waals surface area contributed by atoms with Gasteiger partial charge in [-0.25, -0.2) is 0 Å². The molecule has 0 aliphatic carbocycles. The maximum atomic E-state index is 12.3. The van der Waals surface area contributed by atoms with Crippen molar-refractivity contribution in [1.82, 2.24) is 15.1 Å². The summed E-state index contributed by atoms with van der Waals surface area (Å²) in [6.07, 6.45) is 2.02. The van der Waals surface area contributed by atoms with Gasteiger partial charge in [-0.15, -0.1) is 0 Å². The van der Waals surface area contributed by atoms with Crippen LogP contribution in [0.2, 0.25) is 0 Å². The summed E-state index contributed by atoms with van der Waals surface area (Å²) in [6.45, 7) is 4.14. The molecule has 0 unspecified atom stereocenters. The summed E-state index contributed by atoms with van der Waals surface area (Å²) in [7, 11) is 0. The number of piperidine rings is 1. The van der Waals surface area contributed by atoms with Gasteiger partial charge < -0.3 is 11.1 Å². The first-order chi connectivity index (χ1) is 9.60. The first kappa shape index (κ1) is 13.3. The number of nitrogen functional groups attached to an aromatic ring is 1. The van der Waals surface area contributed by atoms with Crippen LogP contribution in [0.1, 0.15) is 35.8 Å². The summed E-state index contributed by atoms with van der Waals surface area (Å²) < 4.78 is 1.32. The Kier molecular flexibility index (Phi) is 3.35. The highest BCUT2D eigenvalue weighted by Crippen LogP contribution is 2.32. The van der Waals surface area contributed by atoms with Crippen molar-refractivity contribution in [2.24, 2.45) is 0 Å². The van der Waals surface area contributed by atoms with Gasteiger partial charge in [-0.3, -0.25) is 4.79 Å². The molecule has 6 heteroatoms. The molecule has 1 aliphatic heterocycles. The van der Waals surface area contributed by atoms with E-state index in [2.05, 4.69) is 17.3 Å². The quantitative estimate of drug-likeness (QED) is 0.885. The SMILES string of the molecule is CC1(c2cc(N)n(C(=O)c3ccsc3)n2)CCNCC1. The number of anilines is 1. The molecule has 5 nitrogen and oxygen atoms in total. The van der Waals surface area contributed by atoms with E-state index in [9.17, 15) is 4.79 Å². The number of nitrogens with one attached hydrogen (secondary N) is 1. The Morgan fingerprint density at radius 2 is 2.25 bits per heavy atom. The Morgan fingerprint density at radius 1 is 1.50 bits per heavy atom. The van der Waals surface area contributed by atoms with Gasteiger partial charge in [0.15, 0.2) is 0 Å². The van der Waals surface area contributed by atoms with Crippen molar-refractivity contribution in [3.05, 3.63) is 34.2 Å². The number of thiophene rings is 1. The second-order valence-corrected chi connectivity index (χ2v) is 6.27. The third kappa shape index (κ3) is 2.25. The lowest BCUT2D eigenvalue weighted by molar-refractivity contribution is 0.0947. The highest BCUT2D eigenvalue weighted by atomic mass is 32.1. The number of hydrogen-bond donors (Lipinski definition) is 2. The van der Waals surface area contributed by atoms with Gasteiger partial charge in [0.2, 0.25) is 0 Å². The predicted octanol–water partition coefficient (Wildman–Crippen LogP) is 1.86. The molecule has 0 spiro atoms. The van der Waals surface area contributed by atoms with Gasteiger partial charge in [-0.1, -0.05) is 6.92 Å². The predicted molar refractivity (Wildman–Crippen MR) is 80.1 cm³/mol. The fourth-order valence-corrected chi connectivity index (χ4v) is 3.23. The fourth-order valence-electron chi connectivity index (χ4n) is 2.60. The molecule has 2 aromatic heterocycles. The number of carbonyl (C=O) groups excluding carboxylic acids is 1.